The van der Waals surface area contributed by atoms with Crippen molar-refractivity contribution in [3.8, 4) is 5.75 Å². The zero-order chi connectivity index (χ0) is 15.4. The summed E-state index contributed by atoms with van der Waals surface area (Å²) in [6.07, 6.45) is 0. The number of halogens is 1. The van der Waals surface area contributed by atoms with Gasteiger partial charge in [0.05, 0.1) is 5.69 Å². The highest BCUT2D eigenvalue weighted by atomic mass is 35.5. The van der Waals surface area contributed by atoms with Crippen molar-refractivity contribution >= 4 is 11.6 Å². The minimum atomic E-state index is 0.359. The summed E-state index contributed by atoms with van der Waals surface area (Å²) in [4.78, 5) is 0. The van der Waals surface area contributed by atoms with Crippen molar-refractivity contribution in [2.45, 2.75) is 46.9 Å². The van der Waals surface area contributed by atoms with Crippen molar-refractivity contribution in [3.05, 3.63) is 45.8 Å². The van der Waals surface area contributed by atoms with E-state index in [1.807, 2.05) is 32.0 Å². The largest absolute Gasteiger partial charge is 0.485 e. The van der Waals surface area contributed by atoms with Gasteiger partial charge in [0.15, 0.2) is 5.76 Å². The lowest BCUT2D eigenvalue weighted by Crippen LogP contribution is -2.21. The van der Waals surface area contributed by atoms with Crippen LogP contribution in [0.15, 0.2) is 22.7 Å². The van der Waals surface area contributed by atoms with Gasteiger partial charge in [0.2, 0.25) is 0 Å². The normalized spacial score (nSPS) is 11.1. The molecule has 1 N–H and O–H groups in total. The van der Waals surface area contributed by atoms with Gasteiger partial charge in [-0.3, -0.25) is 0 Å². The van der Waals surface area contributed by atoms with Crippen LogP contribution in [0.2, 0.25) is 5.02 Å². The van der Waals surface area contributed by atoms with E-state index in [1.54, 1.807) is 0 Å². The quantitative estimate of drug-likeness (QED) is 0.875. The highest BCUT2D eigenvalue weighted by molar-refractivity contribution is 6.30. The summed E-state index contributed by atoms with van der Waals surface area (Å²) in [5.74, 6) is 1.56. The minimum absolute atomic E-state index is 0.359. The van der Waals surface area contributed by atoms with Crippen molar-refractivity contribution in [1.82, 2.24) is 10.5 Å². The van der Waals surface area contributed by atoms with Gasteiger partial charge in [-0.2, -0.15) is 0 Å². The summed E-state index contributed by atoms with van der Waals surface area (Å²) in [7, 11) is 0. The molecule has 0 aliphatic rings. The van der Waals surface area contributed by atoms with Crippen LogP contribution < -0.4 is 10.1 Å². The van der Waals surface area contributed by atoms with Gasteiger partial charge in [-0.15, -0.1) is 0 Å². The van der Waals surface area contributed by atoms with Crippen LogP contribution >= 0.6 is 11.6 Å². The maximum atomic E-state index is 6.01. The first-order valence-corrected chi connectivity index (χ1v) is 7.41. The summed E-state index contributed by atoms with van der Waals surface area (Å²) in [5.41, 5.74) is 2.91. The molecule has 2 aromatic rings. The Balaban J connectivity index is 1.97. The van der Waals surface area contributed by atoms with Gasteiger partial charge in [-0.1, -0.05) is 30.6 Å². The lowest BCUT2D eigenvalue weighted by atomic mass is 10.1. The maximum absolute atomic E-state index is 6.01. The van der Waals surface area contributed by atoms with Crippen LogP contribution in [0.3, 0.4) is 0 Å². The number of hydrogen-bond donors (Lipinski definition) is 1. The van der Waals surface area contributed by atoms with Gasteiger partial charge in [0.25, 0.3) is 0 Å². The van der Waals surface area contributed by atoms with Gasteiger partial charge in [-0.25, -0.2) is 0 Å². The molecule has 114 valence electrons. The van der Waals surface area contributed by atoms with E-state index >= 15 is 0 Å². The highest BCUT2D eigenvalue weighted by Gasteiger charge is 2.09. The molecule has 2 rings (SSSR count). The van der Waals surface area contributed by atoms with Crippen LogP contribution in [0.4, 0.5) is 0 Å². The van der Waals surface area contributed by atoms with Gasteiger partial charge in [-0.05, 0) is 37.1 Å². The predicted molar refractivity (Wildman–Crippen MR) is 83.7 cm³/mol. The van der Waals surface area contributed by atoms with E-state index in [0.717, 1.165) is 27.6 Å². The van der Waals surface area contributed by atoms with Gasteiger partial charge in [0, 0.05) is 23.7 Å². The Morgan fingerprint density at radius 3 is 2.52 bits per heavy atom. The van der Waals surface area contributed by atoms with E-state index in [4.69, 9.17) is 20.9 Å². The SMILES string of the molecule is Cc1cc(Cl)cc(C)c1OCc1cc(CNC(C)C)no1. The van der Waals surface area contributed by atoms with E-state index in [0.29, 0.717) is 25.0 Å². The fraction of sp³-hybridized carbons (Fsp3) is 0.438. The highest BCUT2D eigenvalue weighted by Crippen LogP contribution is 2.27. The second-order valence-corrected chi connectivity index (χ2v) is 5.91. The first-order chi connectivity index (χ1) is 9.95. The first kappa shape index (κ1) is 15.9. The Bertz CT molecular complexity index is 585. The van der Waals surface area contributed by atoms with E-state index in [1.165, 1.54) is 0 Å². The van der Waals surface area contributed by atoms with Crippen molar-refractivity contribution in [1.29, 1.82) is 0 Å². The molecule has 0 unspecified atom stereocenters. The number of ether oxygens (including phenoxy) is 1. The smallest absolute Gasteiger partial charge is 0.174 e. The maximum Gasteiger partial charge on any atom is 0.174 e. The van der Waals surface area contributed by atoms with Gasteiger partial charge >= 0.3 is 0 Å². The Kier molecular flexibility index (Phi) is 5.26. The third-order valence-electron chi connectivity index (χ3n) is 3.08. The fourth-order valence-electron chi connectivity index (χ4n) is 2.08. The number of nitrogens with zero attached hydrogens (tertiary/aromatic N) is 1. The summed E-state index contributed by atoms with van der Waals surface area (Å²) in [6, 6.07) is 6.11. The monoisotopic (exact) mass is 308 g/mol. The molecule has 4 nitrogen and oxygen atoms in total. The summed E-state index contributed by atoms with van der Waals surface area (Å²) < 4.78 is 11.1. The number of benzene rings is 1. The Morgan fingerprint density at radius 2 is 1.90 bits per heavy atom. The molecule has 0 aliphatic heterocycles. The van der Waals surface area contributed by atoms with Crippen LogP contribution in [0, 0.1) is 13.8 Å². The molecular weight excluding hydrogens is 288 g/mol. The molecule has 0 bridgehead atoms. The molecule has 0 spiro atoms. The van der Waals surface area contributed by atoms with Crippen LogP contribution in [0.25, 0.3) is 0 Å². The zero-order valence-corrected chi connectivity index (χ0v) is 13.6. The molecule has 1 heterocycles. The van der Waals surface area contributed by atoms with Crippen molar-refractivity contribution in [2.75, 3.05) is 0 Å². The van der Waals surface area contributed by atoms with Crippen molar-refractivity contribution in [3.63, 3.8) is 0 Å². The molecule has 0 amide bonds. The molecule has 1 aromatic carbocycles. The summed E-state index contributed by atoms with van der Waals surface area (Å²) in [5, 5.41) is 8.04. The van der Waals surface area contributed by atoms with Crippen LogP contribution in [-0.2, 0) is 13.2 Å². The van der Waals surface area contributed by atoms with E-state index in [-0.39, 0.29) is 0 Å². The molecule has 0 saturated carbocycles. The summed E-state index contributed by atoms with van der Waals surface area (Å²) in [6.45, 7) is 9.20. The molecule has 0 saturated heterocycles. The third kappa shape index (κ3) is 4.48. The number of rotatable bonds is 6. The minimum Gasteiger partial charge on any atom is -0.485 e. The Hall–Kier alpha value is -1.52. The summed E-state index contributed by atoms with van der Waals surface area (Å²) >= 11 is 6.01. The predicted octanol–water partition coefficient (Wildman–Crippen LogP) is 4.02. The van der Waals surface area contributed by atoms with E-state index < -0.39 is 0 Å². The topological polar surface area (TPSA) is 47.3 Å². The molecule has 0 atom stereocenters. The zero-order valence-electron chi connectivity index (χ0n) is 12.9. The number of aryl methyl sites for hydroxylation is 2. The molecule has 0 radical (unpaired) electrons. The van der Waals surface area contributed by atoms with Crippen molar-refractivity contribution < 1.29 is 9.26 Å². The number of aromatic nitrogens is 1. The van der Waals surface area contributed by atoms with Crippen molar-refractivity contribution in [2.24, 2.45) is 0 Å². The van der Waals surface area contributed by atoms with Gasteiger partial charge < -0.3 is 14.6 Å². The van der Waals surface area contributed by atoms with Crippen LogP contribution in [0.5, 0.6) is 5.75 Å². The van der Waals surface area contributed by atoms with E-state index in [2.05, 4.69) is 24.3 Å². The Labute approximate surface area is 130 Å². The lowest BCUT2D eigenvalue weighted by molar-refractivity contribution is 0.246. The fourth-order valence-corrected chi connectivity index (χ4v) is 2.41. The standard InChI is InChI=1S/C16H21ClN2O2/c1-10(2)18-8-14-7-15(21-19-14)9-20-16-11(3)5-13(17)6-12(16)4/h5-7,10,18H,8-9H2,1-4H3. The Morgan fingerprint density at radius 1 is 1.24 bits per heavy atom. The molecule has 5 heteroatoms. The van der Waals surface area contributed by atoms with E-state index in [9.17, 15) is 0 Å². The average molecular weight is 309 g/mol. The third-order valence-corrected chi connectivity index (χ3v) is 3.30. The second kappa shape index (κ2) is 6.96. The van der Waals surface area contributed by atoms with Crippen LogP contribution in [0.1, 0.15) is 36.4 Å². The second-order valence-electron chi connectivity index (χ2n) is 5.48. The molecular formula is C16H21ClN2O2. The lowest BCUT2D eigenvalue weighted by Gasteiger charge is -2.11. The number of hydrogen-bond acceptors (Lipinski definition) is 4. The molecule has 0 fully saturated rings. The molecule has 0 aliphatic carbocycles. The van der Waals surface area contributed by atoms with Crippen LogP contribution in [-0.4, -0.2) is 11.2 Å². The van der Waals surface area contributed by atoms with Gasteiger partial charge in [0.1, 0.15) is 12.4 Å². The first-order valence-electron chi connectivity index (χ1n) is 7.03. The molecule has 1 aromatic heterocycles. The average Bonchev–Trinajstić information content (AvgIpc) is 2.83. The number of nitrogens with one attached hydrogen (secondary N) is 1. The molecule has 21 heavy (non-hydrogen) atoms.